The third-order valence-electron chi connectivity index (χ3n) is 3.91. The van der Waals surface area contributed by atoms with Gasteiger partial charge in [0.25, 0.3) is 0 Å². The highest BCUT2D eigenvalue weighted by Crippen LogP contribution is 2.18. The first-order valence-corrected chi connectivity index (χ1v) is 9.55. The van der Waals surface area contributed by atoms with Crippen molar-refractivity contribution in [2.24, 2.45) is 0 Å². The Hall–Kier alpha value is -1.15. The van der Waals surface area contributed by atoms with Crippen molar-refractivity contribution >= 4 is 21.7 Å². The molecule has 0 radical (unpaired) electrons. The van der Waals surface area contributed by atoms with Crippen LogP contribution in [0, 0.1) is 0 Å². The van der Waals surface area contributed by atoms with E-state index in [1.165, 1.54) is 4.90 Å². The zero-order chi connectivity index (χ0) is 16.8. The van der Waals surface area contributed by atoms with E-state index >= 15 is 0 Å². The van der Waals surface area contributed by atoms with E-state index in [4.69, 9.17) is 5.11 Å². The highest BCUT2D eigenvalue weighted by Gasteiger charge is 2.34. The van der Waals surface area contributed by atoms with E-state index in [1.54, 1.807) is 18.7 Å². The van der Waals surface area contributed by atoms with E-state index < -0.39 is 9.84 Å². The average molecular weight is 334 g/mol. The SMILES string of the molecule is CCC(=O)N(CCO)CCN(C(=O)CC)[C@H]1CCS(=O)(=O)C1. The average Bonchev–Trinajstić information content (AvgIpc) is 2.85. The Bertz CT molecular complexity index is 491. The molecule has 1 N–H and O–H groups in total. The second-order valence-corrected chi connectivity index (χ2v) is 7.68. The van der Waals surface area contributed by atoms with Crippen molar-refractivity contribution in [3.8, 4) is 0 Å². The molecule has 1 heterocycles. The topological polar surface area (TPSA) is 95.0 Å². The van der Waals surface area contributed by atoms with Gasteiger partial charge in [-0.15, -0.1) is 0 Å². The number of nitrogens with zero attached hydrogens (tertiary/aromatic N) is 2. The smallest absolute Gasteiger partial charge is 0.222 e. The van der Waals surface area contributed by atoms with Crippen LogP contribution in [0.1, 0.15) is 33.1 Å². The summed E-state index contributed by atoms with van der Waals surface area (Å²) >= 11 is 0. The van der Waals surface area contributed by atoms with Crippen molar-refractivity contribution in [3.05, 3.63) is 0 Å². The zero-order valence-corrected chi connectivity index (χ0v) is 14.1. The van der Waals surface area contributed by atoms with E-state index in [0.29, 0.717) is 32.4 Å². The van der Waals surface area contributed by atoms with Gasteiger partial charge in [-0.05, 0) is 6.42 Å². The van der Waals surface area contributed by atoms with E-state index in [2.05, 4.69) is 0 Å². The molecule has 1 fully saturated rings. The molecule has 1 aliphatic heterocycles. The molecule has 22 heavy (non-hydrogen) atoms. The fourth-order valence-corrected chi connectivity index (χ4v) is 4.40. The van der Waals surface area contributed by atoms with Crippen LogP contribution in [0.15, 0.2) is 0 Å². The van der Waals surface area contributed by atoms with Gasteiger partial charge in [0.1, 0.15) is 0 Å². The molecule has 0 saturated carbocycles. The summed E-state index contributed by atoms with van der Waals surface area (Å²) in [5.74, 6) is -0.0770. The molecule has 7 nitrogen and oxygen atoms in total. The molecule has 0 aliphatic carbocycles. The van der Waals surface area contributed by atoms with Crippen molar-refractivity contribution < 1.29 is 23.1 Å². The summed E-state index contributed by atoms with van der Waals surface area (Å²) in [6.45, 7) is 4.19. The van der Waals surface area contributed by atoms with Gasteiger partial charge in [-0.25, -0.2) is 8.42 Å². The van der Waals surface area contributed by atoms with Crippen LogP contribution in [-0.4, -0.2) is 78.9 Å². The summed E-state index contributed by atoms with van der Waals surface area (Å²) in [6, 6.07) is -0.301. The van der Waals surface area contributed by atoms with Crippen molar-refractivity contribution in [1.82, 2.24) is 9.80 Å². The maximum absolute atomic E-state index is 12.1. The fraction of sp³-hybridized carbons (Fsp3) is 0.857. The number of rotatable bonds is 8. The third-order valence-corrected chi connectivity index (χ3v) is 5.66. The van der Waals surface area contributed by atoms with Crippen LogP contribution in [0.3, 0.4) is 0 Å². The lowest BCUT2D eigenvalue weighted by molar-refractivity contribution is -0.136. The Morgan fingerprint density at radius 1 is 1.09 bits per heavy atom. The van der Waals surface area contributed by atoms with Crippen molar-refractivity contribution in [2.45, 2.75) is 39.2 Å². The van der Waals surface area contributed by atoms with Gasteiger partial charge in [-0.1, -0.05) is 13.8 Å². The minimum absolute atomic E-state index is 0.000461. The Morgan fingerprint density at radius 3 is 2.18 bits per heavy atom. The molecule has 0 bridgehead atoms. The molecule has 0 aromatic carbocycles. The lowest BCUT2D eigenvalue weighted by Gasteiger charge is -2.31. The largest absolute Gasteiger partial charge is 0.395 e. The van der Waals surface area contributed by atoms with Crippen LogP contribution in [-0.2, 0) is 19.4 Å². The quantitative estimate of drug-likeness (QED) is 0.654. The van der Waals surface area contributed by atoms with Gasteiger partial charge in [0.05, 0.1) is 18.1 Å². The summed E-state index contributed by atoms with van der Waals surface area (Å²) < 4.78 is 23.2. The van der Waals surface area contributed by atoms with Crippen LogP contribution in [0.4, 0.5) is 0 Å². The van der Waals surface area contributed by atoms with Gasteiger partial charge >= 0.3 is 0 Å². The molecular formula is C14H26N2O5S. The summed E-state index contributed by atoms with van der Waals surface area (Å²) in [5.41, 5.74) is 0. The van der Waals surface area contributed by atoms with Crippen LogP contribution in [0.5, 0.6) is 0 Å². The number of amides is 2. The molecule has 0 unspecified atom stereocenters. The molecule has 0 aromatic heterocycles. The third kappa shape index (κ3) is 5.24. The van der Waals surface area contributed by atoms with E-state index in [1.807, 2.05) is 0 Å². The number of aliphatic hydroxyl groups is 1. The lowest BCUT2D eigenvalue weighted by atomic mass is 10.2. The maximum atomic E-state index is 12.1. The van der Waals surface area contributed by atoms with Crippen molar-refractivity contribution in [2.75, 3.05) is 37.7 Å². The Morgan fingerprint density at radius 2 is 1.73 bits per heavy atom. The van der Waals surface area contributed by atoms with Gasteiger partial charge in [0.15, 0.2) is 9.84 Å². The lowest BCUT2D eigenvalue weighted by Crippen LogP contribution is -2.46. The summed E-state index contributed by atoms with van der Waals surface area (Å²) in [7, 11) is -3.07. The number of aliphatic hydroxyl groups excluding tert-OH is 1. The standard InChI is InChI=1S/C14H26N2O5S/c1-3-13(18)15(8-9-17)6-7-16(14(19)4-2)12-5-10-22(20,21)11-12/h12,17H,3-11H2,1-2H3/t12-/m0/s1. The predicted molar refractivity (Wildman–Crippen MR) is 83.0 cm³/mol. The molecule has 1 aliphatic rings. The minimum Gasteiger partial charge on any atom is -0.395 e. The molecule has 2 amide bonds. The zero-order valence-electron chi connectivity index (χ0n) is 13.3. The number of carbonyl (C=O) groups excluding carboxylic acids is 2. The number of sulfone groups is 1. The van der Waals surface area contributed by atoms with Crippen molar-refractivity contribution in [3.63, 3.8) is 0 Å². The number of hydrogen-bond donors (Lipinski definition) is 1. The van der Waals surface area contributed by atoms with E-state index in [0.717, 1.165) is 0 Å². The van der Waals surface area contributed by atoms with Gasteiger partial charge in [0.2, 0.25) is 11.8 Å². The van der Waals surface area contributed by atoms with E-state index in [9.17, 15) is 18.0 Å². The normalized spacial score (nSPS) is 19.9. The predicted octanol–water partition coefficient (Wildman–Crippen LogP) is -0.357. The Kier molecular flexibility index (Phi) is 7.28. The molecule has 8 heteroatoms. The molecule has 1 saturated heterocycles. The molecule has 128 valence electrons. The van der Waals surface area contributed by atoms with Gasteiger partial charge in [0, 0.05) is 38.5 Å². The van der Waals surface area contributed by atoms with Gasteiger partial charge < -0.3 is 14.9 Å². The monoisotopic (exact) mass is 334 g/mol. The molecule has 1 rings (SSSR count). The van der Waals surface area contributed by atoms with Crippen LogP contribution in [0.25, 0.3) is 0 Å². The molecule has 1 atom stereocenters. The summed E-state index contributed by atoms with van der Waals surface area (Å²) in [4.78, 5) is 27.0. The summed E-state index contributed by atoms with van der Waals surface area (Å²) in [5, 5.41) is 9.03. The molecular weight excluding hydrogens is 308 g/mol. The Labute approximate surface area is 132 Å². The van der Waals surface area contributed by atoms with Crippen LogP contribution in [0.2, 0.25) is 0 Å². The summed E-state index contributed by atoms with van der Waals surface area (Å²) in [6.07, 6.45) is 1.09. The minimum atomic E-state index is -3.07. The molecule has 0 spiro atoms. The first-order chi connectivity index (χ1) is 10.3. The first-order valence-electron chi connectivity index (χ1n) is 7.73. The van der Waals surface area contributed by atoms with E-state index in [-0.39, 0.29) is 42.5 Å². The first kappa shape index (κ1) is 18.9. The second-order valence-electron chi connectivity index (χ2n) is 5.46. The van der Waals surface area contributed by atoms with Crippen LogP contribution < -0.4 is 0 Å². The molecule has 0 aromatic rings. The fourth-order valence-electron chi connectivity index (χ4n) is 2.67. The van der Waals surface area contributed by atoms with Gasteiger partial charge in [-0.3, -0.25) is 9.59 Å². The van der Waals surface area contributed by atoms with Crippen LogP contribution >= 0.6 is 0 Å². The maximum Gasteiger partial charge on any atom is 0.222 e. The number of hydrogen-bond acceptors (Lipinski definition) is 5. The Balaban J connectivity index is 2.73. The number of carbonyl (C=O) groups is 2. The second kappa shape index (κ2) is 8.47. The van der Waals surface area contributed by atoms with Gasteiger partial charge in [-0.2, -0.15) is 0 Å². The highest BCUT2D eigenvalue weighted by atomic mass is 32.2. The van der Waals surface area contributed by atoms with Crippen molar-refractivity contribution in [1.29, 1.82) is 0 Å². The highest BCUT2D eigenvalue weighted by molar-refractivity contribution is 7.91.